The number of rotatable bonds is 3. The molecule has 7 heteroatoms. The maximum absolute atomic E-state index is 12.3. The minimum Gasteiger partial charge on any atom is -0.388 e. The van der Waals surface area contributed by atoms with Crippen molar-refractivity contribution >= 4 is 0 Å². The molecule has 0 fully saturated rings. The highest BCUT2D eigenvalue weighted by Crippen LogP contribution is 2.32. The molecular formula is C12H11F3N2O2. The topological polar surface area (TPSA) is 59.2 Å². The Morgan fingerprint density at radius 1 is 1.21 bits per heavy atom. The number of aliphatic hydroxyl groups excluding tert-OH is 1. The van der Waals surface area contributed by atoms with Crippen LogP contribution in [-0.4, -0.2) is 15.2 Å². The second-order valence-electron chi connectivity index (χ2n) is 4.10. The minimum atomic E-state index is -4.65. The molecule has 0 spiro atoms. The molecule has 0 aliphatic carbocycles. The van der Waals surface area contributed by atoms with Gasteiger partial charge < -0.3 is 9.63 Å². The maximum atomic E-state index is 12.3. The molecule has 2 unspecified atom stereocenters. The molecule has 0 amide bonds. The first kappa shape index (κ1) is 13.5. The standard InChI is InChI=1S/C12H11F3N2O2/c1-7(9(18)8-5-3-2-4-6-8)10-16-11(17-19-10)12(13,14)15/h2-7,9,18H,1H3. The molecule has 1 N–H and O–H groups in total. The highest BCUT2D eigenvalue weighted by atomic mass is 19.4. The van der Waals surface area contributed by atoms with Crippen molar-refractivity contribution in [3.63, 3.8) is 0 Å². The molecule has 2 aromatic rings. The third kappa shape index (κ3) is 2.93. The van der Waals surface area contributed by atoms with E-state index in [0.717, 1.165) is 0 Å². The average molecular weight is 272 g/mol. The quantitative estimate of drug-likeness (QED) is 0.933. The van der Waals surface area contributed by atoms with Crippen LogP contribution >= 0.6 is 0 Å². The van der Waals surface area contributed by atoms with Crippen LogP contribution in [0.3, 0.4) is 0 Å². The molecule has 102 valence electrons. The maximum Gasteiger partial charge on any atom is 0.455 e. The first-order valence-electron chi connectivity index (χ1n) is 5.53. The average Bonchev–Trinajstić information content (AvgIpc) is 2.87. The summed E-state index contributed by atoms with van der Waals surface area (Å²) in [5.74, 6) is -2.32. The summed E-state index contributed by atoms with van der Waals surface area (Å²) in [6, 6.07) is 8.56. The van der Waals surface area contributed by atoms with E-state index in [2.05, 4.69) is 14.7 Å². The Hall–Kier alpha value is -1.89. The number of aromatic nitrogens is 2. The van der Waals surface area contributed by atoms with Gasteiger partial charge in [0, 0.05) is 0 Å². The first-order chi connectivity index (χ1) is 8.89. The summed E-state index contributed by atoms with van der Waals surface area (Å²) in [5, 5.41) is 12.9. The van der Waals surface area contributed by atoms with Gasteiger partial charge in [0.2, 0.25) is 5.89 Å². The van der Waals surface area contributed by atoms with Crippen molar-refractivity contribution < 1.29 is 22.8 Å². The van der Waals surface area contributed by atoms with E-state index in [-0.39, 0.29) is 5.89 Å². The van der Waals surface area contributed by atoms with Crippen molar-refractivity contribution in [2.24, 2.45) is 0 Å². The van der Waals surface area contributed by atoms with Crippen molar-refractivity contribution in [1.82, 2.24) is 10.1 Å². The van der Waals surface area contributed by atoms with Gasteiger partial charge in [-0.25, -0.2) is 0 Å². The fourth-order valence-corrected chi connectivity index (χ4v) is 1.61. The first-order valence-corrected chi connectivity index (χ1v) is 5.53. The number of nitrogens with zero attached hydrogens (tertiary/aromatic N) is 2. The number of alkyl halides is 3. The van der Waals surface area contributed by atoms with Crippen molar-refractivity contribution in [3.8, 4) is 0 Å². The zero-order valence-corrected chi connectivity index (χ0v) is 9.93. The SMILES string of the molecule is CC(c1nc(C(F)(F)F)no1)C(O)c1ccccc1. The largest absolute Gasteiger partial charge is 0.455 e. The van der Waals surface area contributed by atoms with Crippen LogP contribution in [0, 0.1) is 0 Å². The summed E-state index contributed by atoms with van der Waals surface area (Å²) in [6.45, 7) is 1.52. The highest BCUT2D eigenvalue weighted by Gasteiger charge is 2.38. The van der Waals surface area contributed by atoms with Gasteiger partial charge in [0.05, 0.1) is 12.0 Å². The van der Waals surface area contributed by atoms with Crippen LogP contribution in [0.5, 0.6) is 0 Å². The summed E-state index contributed by atoms with van der Waals surface area (Å²) in [4.78, 5) is 3.27. The Balaban J connectivity index is 2.20. The summed E-state index contributed by atoms with van der Waals surface area (Å²) < 4.78 is 41.6. The van der Waals surface area contributed by atoms with Crippen molar-refractivity contribution in [3.05, 3.63) is 47.6 Å². The Kier molecular flexibility index (Phi) is 3.57. The molecule has 19 heavy (non-hydrogen) atoms. The monoisotopic (exact) mass is 272 g/mol. The predicted molar refractivity (Wildman–Crippen MR) is 59.1 cm³/mol. The Morgan fingerprint density at radius 3 is 2.37 bits per heavy atom. The van der Waals surface area contributed by atoms with E-state index in [0.29, 0.717) is 5.56 Å². The van der Waals surface area contributed by atoms with Crippen LogP contribution in [0.4, 0.5) is 13.2 Å². The van der Waals surface area contributed by atoms with Gasteiger partial charge in [0.1, 0.15) is 0 Å². The predicted octanol–water partition coefficient (Wildman–Crippen LogP) is 2.93. The molecule has 0 aliphatic heterocycles. The van der Waals surface area contributed by atoms with E-state index in [4.69, 9.17) is 0 Å². The molecule has 2 rings (SSSR count). The highest BCUT2D eigenvalue weighted by molar-refractivity contribution is 5.20. The van der Waals surface area contributed by atoms with Crippen LogP contribution in [0.1, 0.15) is 36.2 Å². The van der Waals surface area contributed by atoms with Gasteiger partial charge in [-0.05, 0) is 5.56 Å². The van der Waals surface area contributed by atoms with Gasteiger partial charge in [-0.2, -0.15) is 18.2 Å². The molecule has 0 aliphatic rings. The van der Waals surface area contributed by atoms with Crippen LogP contribution in [0.2, 0.25) is 0 Å². The number of aliphatic hydroxyl groups is 1. The fraction of sp³-hybridized carbons (Fsp3) is 0.333. The Labute approximate surface area is 106 Å². The summed E-state index contributed by atoms with van der Waals surface area (Å²) in [5.41, 5.74) is 0.571. The van der Waals surface area contributed by atoms with E-state index in [1.54, 1.807) is 30.3 Å². The summed E-state index contributed by atoms with van der Waals surface area (Å²) in [6.07, 6.45) is -5.66. The minimum absolute atomic E-state index is 0.247. The molecule has 2 atom stereocenters. The molecule has 0 bridgehead atoms. The summed E-state index contributed by atoms with van der Waals surface area (Å²) in [7, 11) is 0. The van der Waals surface area contributed by atoms with Gasteiger partial charge in [-0.15, -0.1) is 0 Å². The zero-order valence-electron chi connectivity index (χ0n) is 9.93. The molecule has 1 heterocycles. The van der Waals surface area contributed by atoms with Gasteiger partial charge in [0.25, 0.3) is 5.82 Å². The van der Waals surface area contributed by atoms with E-state index in [9.17, 15) is 18.3 Å². The Morgan fingerprint density at radius 2 is 1.84 bits per heavy atom. The van der Waals surface area contributed by atoms with Crippen molar-refractivity contribution in [1.29, 1.82) is 0 Å². The number of hydrogen-bond acceptors (Lipinski definition) is 4. The molecule has 0 saturated carbocycles. The molecule has 1 aromatic carbocycles. The van der Waals surface area contributed by atoms with Crippen LogP contribution in [0.15, 0.2) is 34.9 Å². The molecule has 4 nitrogen and oxygen atoms in total. The molecule has 0 saturated heterocycles. The van der Waals surface area contributed by atoms with Gasteiger partial charge in [0.15, 0.2) is 0 Å². The lowest BCUT2D eigenvalue weighted by molar-refractivity contribution is -0.146. The van der Waals surface area contributed by atoms with E-state index < -0.39 is 24.0 Å². The van der Waals surface area contributed by atoms with E-state index >= 15 is 0 Å². The molecule has 1 aromatic heterocycles. The second-order valence-corrected chi connectivity index (χ2v) is 4.10. The number of hydrogen-bond donors (Lipinski definition) is 1. The van der Waals surface area contributed by atoms with Crippen LogP contribution in [-0.2, 0) is 6.18 Å². The zero-order chi connectivity index (χ0) is 14.0. The van der Waals surface area contributed by atoms with Crippen LogP contribution in [0.25, 0.3) is 0 Å². The smallest absolute Gasteiger partial charge is 0.388 e. The lowest BCUT2D eigenvalue weighted by atomic mass is 9.97. The molecular weight excluding hydrogens is 261 g/mol. The fourth-order valence-electron chi connectivity index (χ4n) is 1.61. The Bertz CT molecular complexity index is 539. The second kappa shape index (κ2) is 5.00. The van der Waals surface area contributed by atoms with Gasteiger partial charge in [-0.1, -0.05) is 42.4 Å². The normalized spacial score (nSPS) is 15.2. The van der Waals surface area contributed by atoms with Gasteiger partial charge in [-0.3, -0.25) is 0 Å². The number of benzene rings is 1. The van der Waals surface area contributed by atoms with Crippen molar-refractivity contribution in [2.45, 2.75) is 25.1 Å². The lowest BCUT2D eigenvalue weighted by Crippen LogP contribution is -2.10. The van der Waals surface area contributed by atoms with Gasteiger partial charge >= 0.3 is 6.18 Å². The van der Waals surface area contributed by atoms with Crippen molar-refractivity contribution in [2.75, 3.05) is 0 Å². The lowest BCUT2D eigenvalue weighted by Gasteiger charge is -2.15. The number of halogens is 3. The van der Waals surface area contributed by atoms with E-state index in [1.807, 2.05) is 0 Å². The van der Waals surface area contributed by atoms with E-state index in [1.165, 1.54) is 6.92 Å². The molecule has 0 radical (unpaired) electrons. The summed E-state index contributed by atoms with van der Waals surface area (Å²) >= 11 is 0. The third-order valence-electron chi connectivity index (χ3n) is 2.70. The third-order valence-corrected chi connectivity index (χ3v) is 2.70. The van der Waals surface area contributed by atoms with Crippen LogP contribution < -0.4 is 0 Å².